The van der Waals surface area contributed by atoms with Gasteiger partial charge in [-0.2, -0.15) is 0 Å². The van der Waals surface area contributed by atoms with Crippen LogP contribution in [0.5, 0.6) is 0 Å². The van der Waals surface area contributed by atoms with Gasteiger partial charge in [0, 0.05) is 13.1 Å². The molecule has 12 heavy (non-hydrogen) atoms. The number of primary amides is 1. The van der Waals surface area contributed by atoms with Crippen LogP contribution in [0.25, 0.3) is 0 Å². The fraction of sp³-hybridized carbons (Fsp3) is 0.714. The molecule has 5 heteroatoms. The van der Waals surface area contributed by atoms with E-state index in [2.05, 4.69) is 5.32 Å². The van der Waals surface area contributed by atoms with Crippen LogP contribution >= 0.6 is 0 Å². The van der Waals surface area contributed by atoms with Crippen molar-refractivity contribution in [1.29, 1.82) is 0 Å². The van der Waals surface area contributed by atoms with Gasteiger partial charge in [-0.1, -0.05) is 0 Å². The Morgan fingerprint density at radius 3 is 2.33 bits per heavy atom. The monoisotopic (exact) mass is 173 g/mol. The van der Waals surface area contributed by atoms with Crippen molar-refractivity contribution in [1.82, 2.24) is 10.2 Å². The molecule has 0 fully saturated rings. The molecule has 3 N–H and O–H groups in total. The van der Waals surface area contributed by atoms with Crippen LogP contribution in [0, 0.1) is 0 Å². The summed E-state index contributed by atoms with van der Waals surface area (Å²) in [5.41, 5.74) is 4.84. The summed E-state index contributed by atoms with van der Waals surface area (Å²) in [5, 5.41) is 2.38. The Morgan fingerprint density at radius 1 is 1.50 bits per heavy atom. The molecule has 0 spiro atoms. The van der Waals surface area contributed by atoms with E-state index in [4.69, 9.17) is 5.73 Å². The highest BCUT2D eigenvalue weighted by atomic mass is 16.2. The zero-order chi connectivity index (χ0) is 9.72. The van der Waals surface area contributed by atoms with Crippen molar-refractivity contribution in [2.45, 2.75) is 19.9 Å². The fourth-order valence-electron chi connectivity index (χ4n) is 0.522. The first kappa shape index (κ1) is 10.7. The average molecular weight is 173 g/mol. The topological polar surface area (TPSA) is 75.4 Å². The lowest BCUT2D eigenvalue weighted by Gasteiger charge is -2.21. The van der Waals surface area contributed by atoms with Crippen LogP contribution in [0.2, 0.25) is 0 Å². The number of carbonyl (C=O) groups excluding carboxylic acids is 2. The van der Waals surface area contributed by atoms with Crippen molar-refractivity contribution in [2.75, 3.05) is 13.6 Å². The van der Waals surface area contributed by atoms with Crippen LogP contribution in [0.15, 0.2) is 0 Å². The van der Waals surface area contributed by atoms with Gasteiger partial charge in [0.2, 0.25) is 5.91 Å². The maximum atomic E-state index is 11.1. The largest absolute Gasteiger partial charge is 0.368 e. The van der Waals surface area contributed by atoms with Crippen LogP contribution in [-0.4, -0.2) is 36.5 Å². The molecule has 70 valence electrons. The maximum Gasteiger partial charge on any atom is 0.317 e. The zero-order valence-corrected chi connectivity index (χ0v) is 7.63. The number of urea groups is 1. The number of amides is 3. The Balaban J connectivity index is 3.80. The highest BCUT2D eigenvalue weighted by Gasteiger charge is 2.10. The van der Waals surface area contributed by atoms with Crippen LogP contribution < -0.4 is 11.1 Å². The summed E-state index contributed by atoms with van der Waals surface area (Å²) in [7, 11) is 1.65. The third-order valence-electron chi connectivity index (χ3n) is 1.51. The van der Waals surface area contributed by atoms with Gasteiger partial charge in [0.05, 0.1) is 6.54 Å². The summed E-state index contributed by atoms with van der Waals surface area (Å²) < 4.78 is 0. The molecule has 0 aliphatic heterocycles. The summed E-state index contributed by atoms with van der Waals surface area (Å²) in [6, 6.07) is -0.179. The van der Waals surface area contributed by atoms with Gasteiger partial charge < -0.3 is 16.0 Å². The molecule has 0 heterocycles. The van der Waals surface area contributed by atoms with Crippen molar-refractivity contribution >= 4 is 11.9 Å². The quantitative estimate of drug-likeness (QED) is 0.605. The van der Waals surface area contributed by atoms with Crippen molar-refractivity contribution in [3.8, 4) is 0 Å². The summed E-state index contributed by atoms with van der Waals surface area (Å²) in [4.78, 5) is 22.9. The molecular formula is C7H15N3O2. The molecule has 0 atom stereocenters. The lowest BCUT2D eigenvalue weighted by molar-refractivity contribution is -0.117. The Bertz CT molecular complexity index is 179. The third kappa shape index (κ3) is 3.80. The molecule has 0 saturated heterocycles. The number of nitrogens with two attached hydrogens (primary N) is 1. The molecule has 0 aliphatic rings. The van der Waals surface area contributed by atoms with Crippen LogP contribution in [0.1, 0.15) is 13.8 Å². The van der Waals surface area contributed by atoms with Gasteiger partial charge >= 0.3 is 6.03 Å². The number of nitrogens with zero attached hydrogens (tertiary/aromatic N) is 1. The Hall–Kier alpha value is -1.26. The SMILES string of the molecule is CC(C)N(C)C(=O)NCC(N)=O. The molecule has 0 rings (SSSR count). The molecular weight excluding hydrogens is 158 g/mol. The molecule has 0 unspecified atom stereocenters. The van der Waals surface area contributed by atoms with Crippen molar-refractivity contribution in [2.24, 2.45) is 5.73 Å². The van der Waals surface area contributed by atoms with E-state index in [0.29, 0.717) is 0 Å². The van der Waals surface area contributed by atoms with E-state index in [1.807, 2.05) is 13.8 Å². The van der Waals surface area contributed by atoms with Crippen LogP contribution in [0.4, 0.5) is 4.79 Å². The summed E-state index contributed by atoms with van der Waals surface area (Å²) in [5.74, 6) is -0.541. The number of nitrogens with one attached hydrogen (secondary N) is 1. The molecule has 0 aromatic carbocycles. The summed E-state index contributed by atoms with van der Waals surface area (Å²) in [6.45, 7) is 3.64. The van der Waals surface area contributed by atoms with E-state index in [1.54, 1.807) is 7.05 Å². The van der Waals surface area contributed by atoms with E-state index in [0.717, 1.165) is 0 Å². The van der Waals surface area contributed by atoms with Gasteiger partial charge in [0.1, 0.15) is 0 Å². The minimum atomic E-state index is -0.541. The molecule has 5 nitrogen and oxygen atoms in total. The summed E-state index contributed by atoms with van der Waals surface area (Å²) >= 11 is 0. The van der Waals surface area contributed by atoms with Gasteiger partial charge in [-0.3, -0.25) is 4.79 Å². The van der Waals surface area contributed by atoms with Crippen LogP contribution in [-0.2, 0) is 4.79 Å². The van der Waals surface area contributed by atoms with Gasteiger partial charge in [-0.05, 0) is 13.8 Å². The van der Waals surface area contributed by atoms with Crippen molar-refractivity contribution in [3.63, 3.8) is 0 Å². The molecule has 0 bridgehead atoms. The molecule has 0 saturated carbocycles. The van der Waals surface area contributed by atoms with Gasteiger partial charge in [-0.15, -0.1) is 0 Å². The smallest absolute Gasteiger partial charge is 0.317 e. The minimum absolute atomic E-state index is 0.109. The number of rotatable bonds is 3. The normalized spacial score (nSPS) is 9.67. The van der Waals surface area contributed by atoms with Crippen LogP contribution in [0.3, 0.4) is 0 Å². The molecule has 0 radical (unpaired) electrons. The number of hydrogen-bond acceptors (Lipinski definition) is 2. The Labute approximate surface area is 71.9 Å². The second-order valence-corrected chi connectivity index (χ2v) is 2.83. The third-order valence-corrected chi connectivity index (χ3v) is 1.51. The second-order valence-electron chi connectivity index (χ2n) is 2.83. The standard InChI is InChI=1S/C7H15N3O2/c1-5(2)10(3)7(12)9-4-6(8)11/h5H,4H2,1-3H3,(H2,8,11)(H,9,12). The molecule has 0 aromatic rings. The second kappa shape index (κ2) is 4.58. The Morgan fingerprint density at radius 2 is 2.00 bits per heavy atom. The first-order chi connectivity index (χ1) is 5.45. The van der Waals surface area contributed by atoms with E-state index >= 15 is 0 Å². The van der Waals surface area contributed by atoms with Gasteiger partial charge in [-0.25, -0.2) is 4.79 Å². The van der Waals surface area contributed by atoms with E-state index < -0.39 is 5.91 Å². The minimum Gasteiger partial charge on any atom is -0.368 e. The lowest BCUT2D eigenvalue weighted by atomic mass is 10.4. The van der Waals surface area contributed by atoms with E-state index in [9.17, 15) is 9.59 Å². The van der Waals surface area contributed by atoms with Gasteiger partial charge in [0.25, 0.3) is 0 Å². The predicted molar refractivity (Wildman–Crippen MR) is 45.5 cm³/mol. The predicted octanol–water partition coefficient (Wildman–Crippen LogP) is -0.478. The average Bonchev–Trinajstić information content (AvgIpc) is 1.98. The van der Waals surface area contributed by atoms with Crippen molar-refractivity contribution in [3.05, 3.63) is 0 Å². The number of carbonyl (C=O) groups is 2. The molecule has 0 aromatic heterocycles. The first-order valence-corrected chi connectivity index (χ1v) is 3.74. The molecule has 0 aliphatic carbocycles. The summed E-state index contributed by atoms with van der Waals surface area (Å²) in [6.07, 6.45) is 0. The maximum absolute atomic E-state index is 11.1. The fourth-order valence-corrected chi connectivity index (χ4v) is 0.522. The van der Waals surface area contributed by atoms with Gasteiger partial charge in [0.15, 0.2) is 0 Å². The number of hydrogen-bond donors (Lipinski definition) is 2. The molecule has 3 amide bonds. The highest BCUT2D eigenvalue weighted by molar-refractivity contribution is 5.82. The van der Waals surface area contributed by atoms with E-state index in [-0.39, 0.29) is 18.6 Å². The Kier molecular flexibility index (Phi) is 4.10. The van der Waals surface area contributed by atoms with Crippen molar-refractivity contribution < 1.29 is 9.59 Å². The first-order valence-electron chi connectivity index (χ1n) is 3.74. The highest BCUT2D eigenvalue weighted by Crippen LogP contribution is 1.92. The zero-order valence-electron chi connectivity index (χ0n) is 7.63. The van der Waals surface area contributed by atoms with E-state index in [1.165, 1.54) is 4.90 Å². The lowest BCUT2D eigenvalue weighted by Crippen LogP contribution is -2.44.